The molecule has 1 atom stereocenters. The van der Waals surface area contributed by atoms with Gasteiger partial charge in [-0.3, -0.25) is 4.98 Å². The third kappa shape index (κ3) is 3.48. The van der Waals surface area contributed by atoms with Gasteiger partial charge in [-0.1, -0.05) is 18.2 Å². The summed E-state index contributed by atoms with van der Waals surface area (Å²) in [6.45, 7) is 1.88. The smallest absolute Gasteiger partial charge is 0.406 e. The number of hydrogen-bond donors (Lipinski definition) is 1. The topological polar surface area (TPSA) is 48.1 Å². The Bertz CT molecular complexity index is 582. The summed E-state index contributed by atoms with van der Waals surface area (Å²) in [4.78, 5) is 4.20. The Morgan fingerprint density at radius 1 is 1.15 bits per heavy atom. The SMILES string of the molecule is Cc1cccnc1C(N)c1ccc(OC(F)(F)F)cc1. The maximum absolute atomic E-state index is 12.1. The van der Waals surface area contributed by atoms with Crippen LogP contribution >= 0.6 is 0 Å². The number of pyridine rings is 1. The number of aromatic nitrogens is 1. The highest BCUT2D eigenvalue weighted by atomic mass is 19.4. The third-order valence-electron chi connectivity index (χ3n) is 2.82. The molecule has 0 aliphatic rings. The Hall–Kier alpha value is -2.08. The Morgan fingerprint density at radius 3 is 2.35 bits per heavy atom. The third-order valence-corrected chi connectivity index (χ3v) is 2.82. The molecule has 3 nitrogen and oxygen atoms in total. The number of alkyl halides is 3. The Kier molecular flexibility index (Phi) is 3.94. The van der Waals surface area contributed by atoms with Crippen LogP contribution in [-0.4, -0.2) is 11.3 Å². The molecular formula is C14H13F3N2O. The van der Waals surface area contributed by atoms with E-state index in [4.69, 9.17) is 5.73 Å². The highest BCUT2D eigenvalue weighted by molar-refractivity contribution is 5.35. The maximum atomic E-state index is 12.1. The van der Waals surface area contributed by atoms with Gasteiger partial charge in [0.15, 0.2) is 0 Å². The van der Waals surface area contributed by atoms with Crippen molar-refractivity contribution in [3.8, 4) is 5.75 Å². The number of nitrogens with zero attached hydrogens (tertiary/aromatic N) is 1. The van der Waals surface area contributed by atoms with Crippen LogP contribution in [0, 0.1) is 6.92 Å². The van der Waals surface area contributed by atoms with Gasteiger partial charge in [-0.15, -0.1) is 13.2 Å². The van der Waals surface area contributed by atoms with Crippen molar-refractivity contribution in [1.29, 1.82) is 0 Å². The molecule has 106 valence electrons. The van der Waals surface area contributed by atoms with Crippen LogP contribution in [0.15, 0.2) is 42.6 Å². The standard InChI is InChI=1S/C14H13F3N2O/c1-9-3-2-8-19-13(9)12(18)10-4-6-11(7-5-10)20-14(15,16)17/h2-8,12H,18H2,1H3. The molecule has 1 heterocycles. The molecule has 0 radical (unpaired) electrons. The first-order chi connectivity index (χ1) is 9.37. The molecule has 0 saturated carbocycles. The van der Waals surface area contributed by atoms with Gasteiger partial charge in [0.1, 0.15) is 5.75 Å². The number of nitrogens with two attached hydrogens (primary N) is 1. The summed E-state index contributed by atoms with van der Waals surface area (Å²) in [5.41, 5.74) is 8.35. The van der Waals surface area contributed by atoms with E-state index in [-0.39, 0.29) is 5.75 Å². The second-order valence-electron chi connectivity index (χ2n) is 4.30. The van der Waals surface area contributed by atoms with Crippen molar-refractivity contribution in [2.45, 2.75) is 19.3 Å². The van der Waals surface area contributed by atoms with Gasteiger partial charge >= 0.3 is 6.36 Å². The van der Waals surface area contributed by atoms with Crippen molar-refractivity contribution in [3.63, 3.8) is 0 Å². The number of benzene rings is 1. The number of aryl methyl sites for hydroxylation is 1. The predicted molar refractivity (Wildman–Crippen MR) is 68.1 cm³/mol. The Morgan fingerprint density at radius 2 is 1.80 bits per heavy atom. The molecule has 1 unspecified atom stereocenters. The molecule has 0 bridgehead atoms. The summed E-state index contributed by atoms with van der Waals surface area (Å²) < 4.78 is 40.0. The molecule has 0 saturated heterocycles. The van der Waals surface area contributed by atoms with Crippen LogP contribution in [0.1, 0.15) is 22.9 Å². The molecule has 0 aliphatic heterocycles. The fourth-order valence-corrected chi connectivity index (χ4v) is 1.86. The zero-order chi connectivity index (χ0) is 14.8. The number of ether oxygens (including phenoxy) is 1. The van der Waals surface area contributed by atoms with Crippen molar-refractivity contribution in [3.05, 3.63) is 59.4 Å². The lowest BCUT2D eigenvalue weighted by atomic mass is 10.0. The van der Waals surface area contributed by atoms with Gasteiger partial charge in [0.05, 0.1) is 11.7 Å². The molecule has 0 fully saturated rings. The Balaban J connectivity index is 2.20. The van der Waals surface area contributed by atoms with Gasteiger partial charge in [0.2, 0.25) is 0 Å². The van der Waals surface area contributed by atoms with Crippen LogP contribution in [0.2, 0.25) is 0 Å². The minimum atomic E-state index is -4.69. The molecule has 2 rings (SSSR count). The van der Waals surface area contributed by atoms with Gasteiger partial charge in [0, 0.05) is 6.20 Å². The first kappa shape index (κ1) is 14.3. The first-order valence-electron chi connectivity index (χ1n) is 5.89. The normalized spacial score (nSPS) is 13.1. The van der Waals surface area contributed by atoms with Crippen LogP contribution in [0.4, 0.5) is 13.2 Å². The molecular weight excluding hydrogens is 269 g/mol. The lowest BCUT2D eigenvalue weighted by molar-refractivity contribution is -0.274. The second-order valence-corrected chi connectivity index (χ2v) is 4.30. The van der Waals surface area contributed by atoms with Crippen molar-refractivity contribution in [2.24, 2.45) is 5.73 Å². The molecule has 0 spiro atoms. The lowest BCUT2D eigenvalue weighted by Gasteiger charge is -2.15. The average Bonchev–Trinajstić information content (AvgIpc) is 2.37. The summed E-state index contributed by atoms with van der Waals surface area (Å²) in [7, 11) is 0. The van der Waals surface area contributed by atoms with Crippen molar-refractivity contribution < 1.29 is 17.9 Å². The largest absolute Gasteiger partial charge is 0.573 e. The van der Waals surface area contributed by atoms with Gasteiger partial charge in [-0.05, 0) is 36.2 Å². The van der Waals surface area contributed by atoms with E-state index in [1.807, 2.05) is 13.0 Å². The van der Waals surface area contributed by atoms with Gasteiger partial charge in [0.25, 0.3) is 0 Å². The molecule has 1 aromatic carbocycles. The lowest BCUT2D eigenvalue weighted by Crippen LogP contribution is -2.17. The molecule has 1 aromatic heterocycles. The molecule has 6 heteroatoms. The van der Waals surface area contributed by atoms with Crippen molar-refractivity contribution in [2.75, 3.05) is 0 Å². The summed E-state index contributed by atoms with van der Waals surface area (Å²) in [5, 5.41) is 0. The van der Waals surface area contributed by atoms with Gasteiger partial charge in [-0.25, -0.2) is 0 Å². The van der Waals surface area contributed by atoms with E-state index in [1.165, 1.54) is 24.3 Å². The summed E-state index contributed by atoms with van der Waals surface area (Å²) >= 11 is 0. The summed E-state index contributed by atoms with van der Waals surface area (Å²) in [6, 6.07) is 8.66. The predicted octanol–water partition coefficient (Wildman–Crippen LogP) is 3.34. The van der Waals surface area contributed by atoms with Crippen LogP contribution in [0.25, 0.3) is 0 Å². The number of rotatable bonds is 3. The minimum Gasteiger partial charge on any atom is -0.406 e. The Labute approximate surface area is 114 Å². The highest BCUT2D eigenvalue weighted by Gasteiger charge is 2.31. The molecule has 0 amide bonds. The maximum Gasteiger partial charge on any atom is 0.573 e. The van der Waals surface area contributed by atoms with E-state index in [1.54, 1.807) is 12.3 Å². The number of halogens is 3. The van der Waals surface area contributed by atoms with E-state index in [0.717, 1.165) is 5.56 Å². The fourth-order valence-electron chi connectivity index (χ4n) is 1.86. The molecule has 0 aliphatic carbocycles. The summed E-state index contributed by atoms with van der Waals surface area (Å²) in [5.74, 6) is -0.272. The van der Waals surface area contributed by atoms with Crippen LogP contribution in [-0.2, 0) is 0 Å². The summed E-state index contributed by atoms with van der Waals surface area (Å²) in [6.07, 6.45) is -3.06. The highest BCUT2D eigenvalue weighted by Crippen LogP contribution is 2.26. The average molecular weight is 282 g/mol. The van der Waals surface area contributed by atoms with Crippen LogP contribution < -0.4 is 10.5 Å². The quantitative estimate of drug-likeness (QED) is 0.939. The number of hydrogen-bond acceptors (Lipinski definition) is 3. The molecule has 20 heavy (non-hydrogen) atoms. The molecule has 2 aromatic rings. The van der Waals surface area contributed by atoms with E-state index < -0.39 is 12.4 Å². The van der Waals surface area contributed by atoms with E-state index in [0.29, 0.717) is 11.3 Å². The van der Waals surface area contributed by atoms with E-state index in [2.05, 4.69) is 9.72 Å². The fraction of sp³-hybridized carbons (Fsp3) is 0.214. The van der Waals surface area contributed by atoms with Crippen LogP contribution in [0.3, 0.4) is 0 Å². The first-order valence-corrected chi connectivity index (χ1v) is 5.89. The zero-order valence-electron chi connectivity index (χ0n) is 10.7. The monoisotopic (exact) mass is 282 g/mol. The second kappa shape index (κ2) is 5.50. The van der Waals surface area contributed by atoms with Crippen molar-refractivity contribution >= 4 is 0 Å². The van der Waals surface area contributed by atoms with Gasteiger partial charge in [-0.2, -0.15) is 0 Å². The molecule has 2 N–H and O–H groups in total. The van der Waals surface area contributed by atoms with E-state index >= 15 is 0 Å². The van der Waals surface area contributed by atoms with Crippen molar-refractivity contribution in [1.82, 2.24) is 4.98 Å². The van der Waals surface area contributed by atoms with E-state index in [9.17, 15) is 13.2 Å². The minimum absolute atomic E-state index is 0.272. The van der Waals surface area contributed by atoms with Crippen LogP contribution in [0.5, 0.6) is 5.75 Å². The van der Waals surface area contributed by atoms with Gasteiger partial charge < -0.3 is 10.5 Å². The zero-order valence-corrected chi connectivity index (χ0v) is 10.7.